The molecule has 0 amide bonds. The van der Waals surface area contributed by atoms with Crippen LogP contribution in [0, 0.1) is 0 Å². The highest BCUT2D eigenvalue weighted by Gasteiger charge is 2.18. The van der Waals surface area contributed by atoms with Crippen LogP contribution in [0.15, 0.2) is 42.5 Å². The van der Waals surface area contributed by atoms with Crippen LogP contribution >= 0.6 is 0 Å². The lowest BCUT2D eigenvalue weighted by molar-refractivity contribution is -0.141. The SMILES string of the molecule is COC(=O)Cn1c2ccccc2c2cc(C(C)(C)C)ccc21. The second kappa shape index (κ2) is 5.16. The van der Waals surface area contributed by atoms with Crippen LogP contribution in [-0.2, 0) is 21.5 Å². The minimum atomic E-state index is -0.234. The van der Waals surface area contributed by atoms with Gasteiger partial charge in [0.15, 0.2) is 0 Å². The number of methoxy groups -OCH3 is 1. The molecule has 0 spiro atoms. The average molecular weight is 295 g/mol. The zero-order valence-electron chi connectivity index (χ0n) is 13.5. The Labute approximate surface area is 130 Å². The molecule has 0 saturated heterocycles. The average Bonchev–Trinajstić information content (AvgIpc) is 2.80. The lowest BCUT2D eigenvalue weighted by Crippen LogP contribution is -2.12. The van der Waals surface area contributed by atoms with Crippen molar-refractivity contribution >= 4 is 27.8 Å². The van der Waals surface area contributed by atoms with Crippen LogP contribution in [0.4, 0.5) is 0 Å². The van der Waals surface area contributed by atoms with Gasteiger partial charge in [-0.2, -0.15) is 0 Å². The van der Waals surface area contributed by atoms with Crippen LogP contribution in [0.1, 0.15) is 26.3 Å². The van der Waals surface area contributed by atoms with Crippen molar-refractivity contribution in [3.8, 4) is 0 Å². The Morgan fingerprint density at radius 1 is 1.05 bits per heavy atom. The molecule has 3 heteroatoms. The van der Waals surface area contributed by atoms with Crippen molar-refractivity contribution in [2.45, 2.75) is 32.7 Å². The summed E-state index contributed by atoms with van der Waals surface area (Å²) in [6.45, 7) is 6.86. The standard InChI is InChI=1S/C19H21NO2/c1-19(2,3)13-9-10-17-15(11-13)14-7-5-6-8-16(14)20(17)12-18(21)22-4/h5-11H,12H2,1-4H3. The molecule has 1 aromatic heterocycles. The minimum Gasteiger partial charge on any atom is -0.468 e. The number of hydrogen-bond acceptors (Lipinski definition) is 2. The number of hydrogen-bond donors (Lipinski definition) is 0. The molecule has 0 unspecified atom stereocenters. The van der Waals surface area contributed by atoms with Gasteiger partial charge >= 0.3 is 5.97 Å². The Balaban J connectivity index is 2.31. The van der Waals surface area contributed by atoms with Gasteiger partial charge in [-0.25, -0.2) is 0 Å². The molecule has 3 aromatic rings. The lowest BCUT2D eigenvalue weighted by atomic mass is 9.86. The molecule has 0 radical (unpaired) electrons. The Hall–Kier alpha value is -2.29. The third-order valence-corrected chi connectivity index (χ3v) is 4.15. The van der Waals surface area contributed by atoms with Crippen molar-refractivity contribution in [1.82, 2.24) is 4.57 Å². The molecule has 0 bridgehead atoms. The number of carbonyl (C=O) groups is 1. The molecule has 0 fully saturated rings. The van der Waals surface area contributed by atoms with Crippen LogP contribution < -0.4 is 0 Å². The topological polar surface area (TPSA) is 31.2 Å². The van der Waals surface area contributed by atoms with Crippen molar-refractivity contribution < 1.29 is 9.53 Å². The molecule has 114 valence electrons. The Kier molecular flexibility index (Phi) is 3.44. The summed E-state index contributed by atoms with van der Waals surface area (Å²) < 4.78 is 6.87. The molecule has 0 atom stereocenters. The van der Waals surface area contributed by atoms with Gasteiger partial charge in [0.05, 0.1) is 7.11 Å². The summed E-state index contributed by atoms with van der Waals surface area (Å²) in [4.78, 5) is 11.7. The summed E-state index contributed by atoms with van der Waals surface area (Å²) in [5.41, 5.74) is 3.52. The van der Waals surface area contributed by atoms with E-state index in [1.807, 2.05) is 16.7 Å². The number of rotatable bonds is 2. The molecular weight excluding hydrogens is 274 g/mol. The maximum atomic E-state index is 11.7. The van der Waals surface area contributed by atoms with Crippen molar-refractivity contribution in [1.29, 1.82) is 0 Å². The second-order valence-corrected chi connectivity index (χ2v) is 6.66. The summed E-state index contributed by atoms with van der Waals surface area (Å²) in [5, 5.41) is 2.36. The molecule has 3 nitrogen and oxygen atoms in total. The molecule has 0 aliphatic rings. The molecule has 0 aliphatic heterocycles. The maximum absolute atomic E-state index is 11.7. The summed E-state index contributed by atoms with van der Waals surface area (Å²) in [7, 11) is 1.42. The zero-order valence-corrected chi connectivity index (χ0v) is 13.5. The molecule has 0 aliphatic carbocycles. The van der Waals surface area contributed by atoms with Gasteiger partial charge in [-0.05, 0) is 29.2 Å². The molecule has 22 heavy (non-hydrogen) atoms. The van der Waals surface area contributed by atoms with E-state index in [0.29, 0.717) is 0 Å². The number of aromatic nitrogens is 1. The first-order chi connectivity index (χ1) is 10.4. The molecule has 2 aromatic carbocycles. The highest BCUT2D eigenvalue weighted by Crippen LogP contribution is 2.33. The fourth-order valence-corrected chi connectivity index (χ4v) is 2.88. The largest absolute Gasteiger partial charge is 0.468 e. The van der Waals surface area contributed by atoms with Gasteiger partial charge in [0, 0.05) is 21.8 Å². The van der Waals surface area contributed by atoms with E-state index < -0.39 is 0 Å². The van der Waals surface area contributed by atoms with Crippen molar-refractivity contribution in [3.63, 3.8) is 0 Å². The number of ether oxygens (including phenoxy) is 1. The number of para-hydroxylation sites is 1. The van der Waals surface area contributed by atoms with E-state index in [1.54, 1.807) is 0 Å². The van der Waals surface area contributed by atoms with Crippen molar-refractivity contribution in [2.24, 2.45) is 0 Å². The van der Waals surface area contributed by atoms with Gasteiger partial charge in [-0.15, -0.1) is 0 Å². The third-order valence-electron chi connectivity index (χ3n) is 4.15. The smallest absolute Gasteiger partial charge is 0.325 e. The van der Waals surface area contributed by atoms with Crippen LogP contribution in [0.5, 0.6) is 0 Å². The van der Waals surface area contributed by atoms with Crippen LogP contribution in [0.25, 0.3) is 21.8 Å². The lowest BCUT2D eigenvalue weighted by Gasteiger charge is -2.19. The first kappa shape index (κ1) is 14.6. The Morgan fingerprint density at radius 3 is 2.41 bits per heavy atom. The highest BCUT2D eigenvalue weighted by atomic mass is 16.5. The summed E-state index contributed by atoms with van der Waals surface area (Å²) >= 11 is 0. The molecule has 0 saturated carbocycles. The third kappa shape index (κ3) is 2.37. The summed E-state index contributed by atoms with van der Waals surface area (Å²) in [5.74, 6) is -0.234. The maximum Gasteiger partial charge on any atom is 0.325 e. The van der Waals surface area contributed by atoms with E-state index in [-0.39, 0.29) is 17.9 Å². The normalized spacial score (nSPS) is 12.0. The number of benzene rings is 2. The molecule has 3 rings (SSSR count). The summed E-state index contributed by atoms with van der Waals surface area (Å²) in [6.07, 6.45) is 0. The molecule has 0 N–H and O–H groups in total. The first-order valence-electron chi connectivity index (χ1n) is 7.50. The predicted octanol–water partition coefficient (Wildman–Crippen LogP) is 4.27. The van der Waals surface area contributed by atoms with Gasteiger partial charge in [0.1, 0.15) is 6.54 Å². The zero-order chi connectivity index (χ0) is 15.9. The summed E-state index contributed by atoms with van der Waals surface area (Å²) in [6, 6.07) is 14.7. The highest BCUT2D eigenvalue weighted by molar-refractivity contribution is 6.08. The van der Waals surface area contributed by atoms with Crippen molar-refractivity contribution in [2.75, 3.05) is 7.11 Å². The Morgan fingerprint density at radius 2 is 1.73 bits per heavy atom. The van der Waals surface area contributed by atoms with Crippen LogP contribution in [-0.4, -0.2) is 17.6 Å². The number of fused-ring (bicyclic) bond motifs is 3. The van der Waals surface area contributed by atoms with Gasteiger partial charge < -0.3 is 9.30 Å². The van der Waals surface area contributed by atoms with E-state index in [0.717, 1.165) is 11.0 Å². The van der Waals surface area contributed by atoms with E-state index in [1.165, 1.54) is 23.4 Å². The monoisotopic (exact) mass is 295 g/mol. The van der Waals surface area contributed by atoms with Gasteiger partial charge in [-0.3, -0.25) is 4.79 Å². The van der Waals surface area contributed by atoms with Crippen molar-refractivity contribution in [3.05, 3.63) is 48.0 Å². The molecule has 1 heterocycles. The van der Waals surface area contributed by atoms with Gasteiger partial charge in [0.2, 0.25) is 0 Å². The van der Waals surface area contributed by atoms with E-state index in [2.05, 4.69) is 51.1 Å². The quantitative estimate of drug-likeness (QED) is 0.661. The van der Waals surface area contributed by atoms with Crippen LogP contribution in [0.2, 0.25) is 0 Å². The number of esters is 1. The Bertz CT molecular complexity index is 853. The van der Waals surface area contributed by atoms with E-state index in [9.17, 15) is 4.79 Å². The van der Waals surface area contributed by atoms with E-state index >= 15 is 0 Å². The van der Waals surface area contributed by atoms with Gasteiger partial charge in [-0.1, -0.05) is 45.0 Å². The van der Waals surface area contributed by atoms with Crippen LogP contribution in [0.3, 0.4) is 0 Å². The predicted molar refractivity (Wildman–Crippen MR) is 90.2 cm³/mol. The number of carbonyl (C=O) groups excluding carboxylic acids is 1. The fraction of sp³-hybridized carbons (Fsp3) is 0.316. The van der Waals surface area contributed by atoms with E-state index in [4.69, 9.17) is 4.74 Å². The minimum absolute atomic E-state index is 0.0970. The molecular formula is C19H21NO2. The van der Waals surface area contributed by atoms with Gasteiger partial charge in [0.25, 0.3) is 0 Å². The number of nitrogens with zero attached hydrogens (tertiary/aromatic N) is 1. The fourth-order valence-electron chi connectivity index (χ4n) is 2.88. The first-order valence-corrected chi connectivity index (χ1v) is 7.50. The second-order valence-electron chi connectivity index (χ2n) is 6.66.